The van der Waals surface area contributed by atoms with Crippen molar-refractivity contribution in [2.75, 3.05) is 6.61 Å². The lowest BCUT2D eigenvalue weighted by Crippen LogP contribution is -2.04. The molecule has 0 radical (unpaired) electrons. The summed E-state index contributed by atoms with van der Waals surface area (Å²) in [5.41, 5.74) is 2.64. The molecule has 2 aromatic carbocycles. The van der Waals surface area contributed by atoms with E-state index in [9.17, 15) is 4.79 Å². The standard InChI is InChI=1S/C18H18O2/c1-14(2)13-20-17-10-6-9-16(12-17)18(19)11-15-7-4-3-5-8-15/h3-10,12H,1,11,13H2,2H3. The Kier molecular flexibility index (Phi) is 4.72. The van der Waals surface area contributed by atoms with Crippen LogP contribution in [0.4, 0.5) is 0 Å². The fourth-order valence-electron chi connectivity index (χ4n) is 1.85. The molecule has 0 saturated carbocycles. The van der Waals surface area contributed by atoms with Gasteiger partial charge >= 0.3 is 0 Å². The van der Waals surface area contributed by atoms with E-state index in [1.54, 1.807) is 6.07 Å². The van der Waals surface area contributed by atoms with Crippen molar-refractivity contribution in [2.45, 2.75) is 13.3 Å². The zero-order chi connectivity index (χ0) is 14.4. The topological polar surface area (TPSA) is 26.3 Å². The van der Waals surface area contributed by atoms with Gasteiger partial charge in [-0.2, -0.15) is 0 Å². The van der Waals surface area contributed by atoms with Gasteiger partial charge in [-0.1, -0.05) is 49.0 Å². The van der Waals surface area contributed by atoms with Crippen LogP contribution in [0.3, 0.4) is 0 Å². The molecule has 0 spiro atoms. The van der Waals surface area contributed by atoms with Crippen LogP contribution in [-0.2, 0) is 6.42 Å². The van der Waals surface area contributed by atoms with E-state index in [-0.39, 0.29) is 5.78 Å². The minimum atomic E-state index is 0.0944. The molecule has 0 aromatic heterocycles. The molecule has 0 bridgehead atoms. The number of Topliss-reactive ketones (excluding diaryl/α,β-unsaturated/α-hetero) is 1. The van der Waals surface area contributed by atoms with E-state index in [4.69, 9.17) is 4.74 Å². The molecule has 102 valence electrons. The molecule has 0 aliphatic heterocycles. The van der Waals surface area contributed by atoms with Gasteiger partial charge in [-0.15, -0.1) is 0 Å². The Morgan fingerprint density at radius 3 is 2.55 bits per heavy atom. The van der Waals surface area contributed by atoms with E-state index in [1.165, 1.54) is 0 Å². The highest BCUT2D eigenvalue weighted by atomic mass is 16.5. The van der Waals surface area contributed by atoms with Crippen LogP contribution < -0.4 is 4.74 Å². The van der Waals surface area contributed by atoms with Gasteiger partial charge in [-0.3, -0.25) is 4.79 Å². The molecule has 2 aromatic rings. The zero-order valence-corrected chi connectivity index (χ0v) is 11.6. The number of hydrogen-bond acceptors (Lipinski definition) is 2. The lowest BCUT2D eigenvalue weighted by Gasteiger charge is -2.07. The third-order valence-electron chi connectivity index (χ3n) is 2.85. The van der Waals surface area contributed by atoms with Gasteiger partial charge < -0.3 is 4.74 Å². The normalized spacial score (nSPS) is 10.1. The van der Waals surface area contributed by atoms with Crippen molar-refractivity contribution in [2.24, 2.45) is 0 Å². The third kappa shape index (κ3) is 4.09. The van der Waals surface area contributed by atoms with Gasteiger partial charge in [0.25, 0.3) is 0 Å². The minimum Gasteiger partial charge on any atom is -0.489 e. The van der Waals surface area contributed by atoms with Crippen molar-refractivity contribution in [3.05, 3.63) is 77.9 Å². The summed E-state index contributed by atoms with van der Waals surface area (Å²) in [4.78, 5) is 12.2. The maximum Gasteiger partial charge on any atom is 0.167 e. The van der Waals surface area contributed by atoms with Crippen LogP contribution in [-0.4, -0.2) is 12.4 Å². The van der Waals surface area contributed by atoms with Gasteiger partial charge in [0.15, 0.2) is 5.78 Å². The van der Waals surface area contributed by atoms with E-state index in [0.717, 1.165) is 11.1 Å². The summed E-state index contributed by atoms with van der Waals surface area (Å²) in [6.07, 6.45) is 0.408. The summed E-state index contributed by atoms with van der Waals surface area (Å²) in [7, 11) is 0. The largest absolute Gasteiger partial charge is 0.489 e. The molecular formula is C18H18O2. The molecule has 0 heterocycles. The highest BCUT2D eigenvalue weighted by Crippen LogP contribution is 2.16. The second-order valence-corrected chi connectivity index (χ2v) is 4.86. The van der Waals surface area contributed by atoms with E-state index in [1.807, 2.05) is 55.5 Å². The summed E-state index contributed by atoms with van der Waals surface area (Å²) < 4.78 is 5.56. The molecule has 0 N–H and O–H groups in total. The Balaban J connectivity index is 2.06. The number of ether oxygens (including phenoxy) is 1. The lowest BCUT2D eigenvalue weighted by atomic mass is 10.0. The molecule has 2 nitrogen and oxygen atoms in total. The van der Waals surface area contributed by atoms with Gasteiger partial charge in [0.2, 0.25) is 0 Å². The summed E-state index contributed by atoms with van der Waals surface area (Å²) >= 11 is 0. The predicted octanol–water partition coefficient (Wildman–Crippen LogP) is 4.07. The Labute approximate surface area is 119 Å². The van der Waals surface area contributed by atoms with Crippen LogP contribution in [0, 0.1) is 0 Å². The van der Waals surface area contributed by atoms with E-state index in [0.29, 0.717) is 24.3 Å². The fraction of sp³-hybridized carbons (Fsp3) is 0.167. The molecule has 0 amide bonds. The summed E-state index contributed by atoms with van der Waals surface area (Å²) in [5.74, 6) is 0.795. The number of carbonyl (C=O) groups is 1. The van der Waals surface area contributed by atoms with Gasteiger partial charge in [-0.05, 0) is 30.2 Å². The highest BCUT2D eigenvalue weighted by Gasteiger charge is 2.08. The van der Waals surface area contributed by atoms with Crippen LogP contribution >= 0.6 is 0 Å². The van der Waals surface area contributed by atoms with Gasteiger partial charge in [0.05, 0.1) is 0 Å². The molecular weight excluding hydrogens is 248 g/mol. The fourth-order valence-corrected chi connectivity index (χ4v) is 1.85. The van der Waals surface area contributed by atoms with Crippen molar-refractivity contribution in [1.29, 1.82) is 0 Å². The molecule has 2 rings (SSSR count). The first-order valence-corrected chi connectivity index (χ1v) is 6.59. The van der Waals surface area contributed by atoms with Crippen LogP contribution in [0.15, 0.2) is 66.7 Å². The molecule has 0 fully saturated rings. The first-order chi connectivity index (χ1) is 9.65. The summed E-state index contributed by atoms with van der Waals surface area (Å²) in [5, 5.41) is 0. The highest BCUT2D eigenvalue weighted by molar-refractivity contribution is 5.97. The number of benzene rings is 2. The number of hydrogen-bond donors (Lipinski definition) is 0. The molecule has 0 aliphatic rings. The van der Waals surface area contributed by atoms with Crippen molar-refractivity contribution in [3.63, 3.8) is 0 Å². The van der Waals surface area contributed by atoms with E-state index < -0.39 is 0 Å². The Bertz CT molecular complexity index is 600. The van der Waals surface area contributed by atoms with Gasteiger partial charge in [0, 0.05) is 12.0 Å². The first kappa shape index (κ1) is 14.1. The molecule has 0 saturated heterocycles. The van der Waals surface area contributed by atoms with Crippen LogP contribution in [0.1, 0.15) is 22.8 Å². The van der Waals surface area contributed by atoms with Crippen LogP contribution in [0.2, 0.25) is 0 Å². The monoisotopic (exact) mass is 266 g/mol. The molecule has 0 aliphatic carbocycles. The zero-order valence-electron chi connectivity index (χ0n) is 11.6. The SMILES string of the molecule is C=C(C)COc1cccc(C(=O)Cc2ccccc2)c1. The summed E-state index contributed by atoms with van der Waals surface area (Å²) in [6.45, 7) is 6.17. The van der Waals surface area contributed by atoms with Crippen molar-refractivity contribution in [1.82, 2.24) is 0 Å². The van der Waals surface area contributed by atoms with Crippen LogP contribution in [0.25, 0.3) is 0 Å². The quantitative estimate of drug-likeness (QED) is 0.582. The van der Waals surface area contributed by atoms with E-state index >= 15 is 0 Å². The molecule has 20 heavy (non-hydrogen) atoms. The average Bonchev–Trinajstić information content (AvgIpc) is 2.46. The van der Waals surface area contributed by atoms with Gasteiger partial charge in [-0.25, -0.2) is 0 Å². The maximum absolute atomic E-state index is 12.2. The first-order valence-electron chi connectivity index (χ1n) is 6.59. The van der Waals surface area contributed by atoms with Crippen molar-refractivity contribution < 1.29 is 9.53 Å². The molecule has 2 heteroatoms. The molecule has 0 unspecified atom stereocenters. The molecule has 0 atom stereocenters. The number of rotatable bonds is 6. The summed E-state index contributed by atoms with van der Waals surface area (Å²) in [6, 6.07) is 17.0. The Morgan fingerprint density at radius 1 is 1.10 bits per heavy atom. The maximum atomic E-state index is 12.2. The Morgan fingerprint density at radius 2 is 1.85 bits per heavy atom. The average molecular weight is 266 g/mol. The Hall–Kier alpha value is -2.35. The second-order valence-electron chi connectivity index (χ2n) is 4.86. The van der Waals surface area contributed by atoms with Crippen molar-refractivity contribution >= 4 is 5.78 Å². The minimum absolute atomic E-state index is 0.0944. The smallest absolute Gasteiger partial charge is 0.167 e. The van der Waals surface area contributed by atoms with Crippen LogP contribution in [0.5, 0.6) is 5.75 Å². The lowest BCUT2D eigenvalue weighted by molar-refractivity contribution is 0.0992. The predicted molar refractivity (Wildman–Crippen MR) is 81.2 cm³/mol. The van der Waals surface area contributed by atoms with E-state index in [2.05, 4.69) is 6.58 Å². The number of ketones is 1. The third-order valence-corrected chi connectivity index (χ3v) is 2.85. The second kappa shape index (κ2) is 6.71. The van der Waals surface area contributed by atoms with Gasteiger partial charge in [0.1, 0.15) is 12.4 Å². The van der Waals surface area contributed by atoms with Crippen molar-refractivity contribution in [3.8, 4) is 5.75 Å². The number of carbonyl (C=O) groups excluding carboxylic acids is 1.